The quantitative estimate of drug-likeness (QED) is 0.601. The van der Waals surface area contributed by atoms with Gasteiger partial charge < -0.3 is 14.9 Å². The molecule has 0 rings (SSSR count). The van der Waals surface area contributed by atoms with E-state index in [1.54, 1.807) is 0 Å². The maximum atomic E-state index is 10.3. The van der Waals surface area contributed by atoms with Crippen LogP contribution >= 0.6 is 0 Å². The number of hydrogen-bond donors (Lipinski definition) is 2. The summed E-state index contributed by atoms with van der Waals surface area (Å²) in [7, 11) is 1.42. The molecule has 0 fully saturated rings. The SMILES string of the molecule is COCCN(CC(=O)O)C(=O)O. The molecule has 0 aromatic rings. The van der Waals surface area contributed by atoms with Gasteiger partial charge in [0.2, 0.25) is 0 Å². The van der Waals surface area contributed by atoms with Crippen molar-refractivity contribution in [1.82, 2.24) is 4.90 Å². The molecule has 0 saturated heterocycles. The van der Waals surface area contributed by atoms with Gasteiger partial charge in [0, 0.05) is 13.7 Å². The summed E-state index contributed by atoms with van der Waals surface area (Å²) in [6.45, 7) is -0.254. The van der Waals surface area contributed by atoms with Gasteiger partial charge in [0.1, 0.15) is 6.54 Å². The van der Waals surface area contributed by atoms with Crippen LogP contribution in [0.15, 0.2) is 0 Å². The molecule has 0 aliphatic carbocycles. The van der Waals surface area contributed by atoms with Gasteiger partial charge in [-0.2, -0.15) is 0 Å². The first-order valence-corrected chi connectivity index (χ1v) is 3.26. The van der Waals surface area contributed by atoms with E-state index in [0.29, 0.717) is 0 Å². The molecule has 0 aliphatic heterocycles. The molecular weight excluding hydrogens is 166 g/mol. The van der Waals surface area contributed by atoms with E-state index in [9.17, 15) is 9.59 Å². The molecule has 6 heteroatoms. The number of rotatable bonds is 5. The van der Waals surface area contributed by atoms with Crippen LogP contribution in [0.4, 0.5) is 4.79 Å². The third-order valence-corrected chi connectivity index (χ3v) is 1.16. The monoisotopic (exact) mass is 177 g/mol. The average Bonchev–Trinajstić information content (AvgIpc) is 1.96. The normalized spacial score (nSPS) is 9.42. The van der Waals surface area contributed by atoms with E-state index in [0.717, 1.165) is 4.90 Å². The molecule has 1 amide bonds. The predicted octanol–water partition coefficient (Wildman–Crippen LogP) is -0.303. The van der Waals surface area contributed by atoms with Gasteiger partial charge >= 0.3 is 12.1 Å². The van der Waals surface area contributed by atoms with Crippen molar-refractivity contribution in [1.29, 1.82) is 0 Å². The Bertz CT molecular complexity index is 169. The Morgan fingerprint density at radius 3 is 2.33 bits per heavy atom. The van der Waals surface area contributed by atoms with E-state index in [2.05, 4.69) is 4.74 Å². The lowest BCUT2D eigenvalue weighted by Crippen LogP contribution is -2.36. The van der Waals surface area contributed by atoms with Crippen molar-refractivity contribution in [2.45, 2.75) is 0 Å². The first kappa shape index (κ1) is 10.7. The molecule has 12 heavy (non-hydrogen) atoms. The molecule has 0 aliphatic rings. The minimum absolute atomic E-state index is 0.0676. The third-order valence-electron chi connectivity index (χ3n) is 1.16. The first-order valence-electron chi connectivity index (χ1n) is 3.26. The average molecular weight is 177 g/mol. The van der Waals surface area contributed by atoms with Gasteiger partial charge in [-0.3, -0.25) is 9.69 Å². The molecule has 0 heterocycles. The van der Waals surface area contributed by atoms with Crippen molar-refractivity contribution in [2.24, 2.45) is 0 Å². The van der Waals surface area contributed by atoms with Crippen LogP contribution in [0, 0.1) is 0 Å². The van der Waals surface area contributed by atoms with Crippen LogP contribution in [-0.2, 0) is 9.53 Å². The van der Waals surface area contributed by atoms with Gasteiger partial charge in [0.05, 0.1) is 6.61 Å². The van der Waals surface area contributed by atoms with Crippen LogP contribution in [0.1, 0.15) is 0 Å². The van der Waals surface area contributed by atoms with Gasteiger partial charge in [0.15, 0.2) is 0 Å². The van der Waals surface area contributed by atoms with E-state index in [1.807, 2.05) is 0 Å². The van der Waals surface area contributed by atoms with E-state index in [4.69, 9.17) is 10.2 Å². The second-order valence-electron chi connectivity index (χ2n) is 2.09. The smallest absolute Gasteiger partial charge is 0.407 e. The van der Waals surface area contributed by atoms with Crippen LogP contribution in [0.3, 0.4) is 0 Å². The molecule has 0 unspecified atom stereocenters. The summed E-state index contributed by atoms with van der Waals surface area (Å²) in [4.78, 5) is 21.2. The number of carbonyl (C=O) groups is 2. The Morgan fingerprint density at radius 1 is 1.42 bits per heavy atom. The maximum Gasteiger partial charge on any atom is 0.407 e. The highest BCUT2D eigenvalue weighted by Crippen LogP contribution is 1.88. The van der Waals surface area contributed by atoms with Gasteiger partial charge in [0.25, 0.3) is 0 Å². The lowest BCUT2D eigenvalue weighted by molar-refractivity contribution is -0.138. The fraction of sp³-hybridized carbons (Fsp3) is 0.667. The molecule has 0 spiro atoms. The predicted molar refractivity (Wildman–Crippen MR) is 39.1 cm³/mol. The summed E-state index contributed by atoms with van der Waals surface area (Å²) in [6, 6.07) is 0. The van der Waals surface area contributed by atoms with Crippen LogP contribution < -0.4 is 0 Å². The Morgan fingerprint density at radius 2 is 2.00 bits per heavy atom. The van der Waals surface area contributed by atoms with Gasteiger partial charge in [-0.1, -0.05) is 0 Å². The standard InChI is InChI=1S/C6H11NO5/c1-12-3-2-7(6(10)11)4-5(8)9/h2-4H2,1H3,(H,8,9)(H,10,11). The van der Waals surface area contributed by atoms with Crippen LogP contribution in [0.5, 0.6) is 0 Å². The number of carboxylic acids is 1. The Hall–Kier alpha value is -1.30. The summed E-state index contributed by atoms with van der Waals surface area (Å²) in [5.74, 6) is -1.17. The van der Waals surface area contributed by atoms with Crippen molar-refractivity contribution >= 4 is 12.1 Å². The van der Waals surface area contributed by atoms with Crippen molar-refractivity contribution in [3.8, 4) is 0 Å². The van der Waals surface area contributed by atoms with Crippen molar-refractivity contribution in [2.75, 3.05) is 26.8 Å². The van der Waals surface area contributed by atoms with Crippen molar-refractivity contribution in [3.63, 3.8) is 0 Å². The Labute approximate surface area is 69.3 Å². The molecule has 0 aromatic heterocycles. The molecule has 0 bridgehead atoms. The zero-order chi connectivity index (χ0) is 9.56. The zero-order valence-electron chi connectivity index (χ0n) is 6.69. The second-order valence-corrected chi connectivity index (χ2v) is 2.09. The fourth-order valence-corrected chi connectivity index (χ4v) is 0.607. The lowest BCUT2D eigenvalue weighted by Gasteiger charge is -2.15. The molecule has 70 valence electrons. The highest BCUT2D eigenvalue weighted by Gasteiger charge is 2.14. The zero-order valence-corrected chi connectivity index (χ0v) is 6.69. The van der Waals surface area contributed by atoms with E-state index < -0.39 is 18.6 Å². The number of hydrogen-bond acceptors (Lipinski definition) is 3. The maximum absolute atomic E-state index is 10.3. The second kappa shape index (κ2) is 5.36. The number of methoxy groups -OCH3 is 1. The van der Waals surface area contributed by atoms with Crippen LogP contribution in [-0.4, -0.2) is 54.0 Å². The lowest BCUT2D eigenvalue weighted by atomic mass is 10.5. The Balaban J connectivity index is 3.87. The highest BCUT2D eigenvalue weighted by molar-refractivity contribution is 5.75. The fourth-order valence-electron chi connectivity index (χ4n) is 0.607. The molecular formula is C6H11NO5. The van der Waals surface area contributed by atoms with Crippen molar-refractivity contribution < 1.29 is 24.5 Å². The summed E-state index contributed by atoms with van der Waals surface area (Å²) in [5, 5.41) is 16.7. The van der Waals surface area contributed by atoms with E-state index >= 15 is 0 Å². The van der Waals surface area contributed by atoms with Crippen LogP contribution in [0.25, 0.3) is 0 Å². The number of ether oxygens (including phenoxy) is 1. The largest absolute Gasteiger partial charge is 0.480 e. The number of nitrogens with zero attached hydrogens (tertiary/aromatic N) is 1. The van der Waals surface area contributed by atoms with Gasteiger partial charge in [-0.15, -0.1) is 0 Å². The first-order chi connectivity index (χ1) is 5.57. The minimum atomic E-state index is -1.26. The topological polar surface area (TPSA) is 87.1 Å². The van der Waals surface area contributed by atoms with Gasteiger partial charge in [-0.25, -0.2) is 4.79 Å². The molecule has 0 aromatic carbocycles. The molecule has 2 N–H and O–H groups in total. The molecule has 0 radical (unpaired) electrons. The van der Waals surface area contributed by atoms with Crippen molar-refractivity contribution in [3.05, 3.63) is 0 Å². The van der Waals surface area contributed by atoms with E-state index in [1.165, 1.54) is 7.11 Å². The summed E-state index contributed by atoms with van der Waals surface area (Å²) < 4.78 is 4.61. The summed E-state index contributed by atoms with van der Waals surface area (Å²) in [6.07, 6.45) is -1.26. The number of carboxylic acid groups (broad SMARTS) is 2. The third kappa shape index (κ3) is 4.51. The highest BCUT2D eigenvalue weighted by atomic mass is 16.5. The van der Waals surface area contributed by atoms with Crippen LogP contribution in [0.2, 0.25) is 0 Å². The van der Waals surface area contributed by atoms with Gasteiger partial charge in [-0.05, 0) is 0 Å². The summed E-state index contributed by atoms with van der Waals surface area (Å²) >= 11 is 0. The minimum Gasteiger partial charge on any atom is -0.480 e. The summed E-state index contributed by atoms with van der Waals surface area (Å²) in [5.41, 5.74) is 0. The Kier molecular flexibility index (Phi) is 4.78. The molecule has 0 saturated carbocycles. The number of amides is 1. The molecule has 0 atom stereocenters. The number of aliphatic carboxylic acids is 1. The van der Waals surface area contributed by atoms with E-state index in [-0.39, 0.29) is 13.2 Å². The molecule has 6 nitrogen and oxygen atoms in total.